The van der Waals surface area contributed by atoms with Crippen molar-refractivity contribution in [1.29, 1.82) is 0 Å². The van der Waals surface area contributed by atoms with Crippen molar-refractivity contribution in [3.05, 3.63) is 58.3 Å². The molecule has 2 aromatic carbocycles. The molecular weight excluding hydrogens is 283 g/mol. The lowest BCUT2D eigenvalue weighted by atomic mass is 10.2. The maximum atomic E-state index is 13.3. The third-order valence-corrected chi connectivity index (χ3v) is 3.91. The van der Waals surface area contributed by atoms with Crippen LogP contribution in [0.3, 0.4) is 0 Å². The second-order valence-electron chi connectivity index (χ2n) is 4.14. The zero-order valence-electron chi connectivity index (χ0n) is 9.86. The number of hydrogen-bond donors (Lipinski definition) is 1. The molecule has 1 N–H and O–H groups in total. The highest BCUT2D eigenvalue weighted by Crippen LogP contribution is 2.22. The summed E-state index contributed by atoms with van der Waals surface area (Å²) < 4.78 is 14.4. The third kappa shape index (κ3) is 2.69. The molecule has 0 saturated carbocycles. The molecule has 0 unspecified atom stereocenters. The number of halogens is 2. The molecule has 3 aromatic rings. The standard InChI is InChI=1S/C14H10ClFN2S/c15-11-3-1-9(5-12(11)16)7-17-10-2-4-13-14(6-10)19-8-18-13/h1-6,8,17H,7H2. The molecule has 0 spiro atoms. The number of rotatable bonds is 3. The summed E-state index contributed by atoms with van der Waals surface area (Å²) in [6.07, 6.45) is 0. The first-order chi connectivity index (χ1) is 9.22. The van der Waals surface area contributed by atoms with E-state index in [0.717, 1.165) is 21.5 Å². The van der Waals surface area contributed by atoms with Crippen LogP contribution in [-0.4, -0.2) is 4.98 Å². The number of hydrogen-bond acceptors (Lipinski definition) is 3. The van der Waals surface area contributed by atoms with Crippen molar-refractivity contribution in [3.63, 3.8) is 0 Å². The van der Waals surface area contributed by atoms with Crippen molar-refractivity contribution in [2.24, 2.45) is 0 Å². The monoisotopic (exact) mass is 292 g/mol. The molecule has 0 fully saturated rings. The summed E-state index contributed by atoms with van der Waals surface area (Å²) in [4.78, 5) is 4.23. The van der Waals surface area contributed by atoms with Crippen molar-refractivity contribution >= 4 is 38.8 Å². The largest absolute Gasteiger partial charge is 0.381 e. The maximum Gasteiger partial charge on any atom is 0.142 e. The summed E-state index contributed by atoms with van der Waals surface area (Å²) in [7, 11) is 0. The van der Waals surface area contributed by atoms with E-state index >= 15 is 0 Å². The minimum absolute atomic E-state index is 0.148. The summed E-state index contributed by atoms with van der Waals surface area (Å²) in [6.45, 7) is 0.554. The molecule has 1 aromatic heterocycles. The van der Waals surface area contributed by atoms with Crippen LogP contribution in [0, 0.1) is 5.82 Å². The lowest BCUT2D eigenvalue weighted by Crippen LogP contribution is -1.99. The molecule has 0 radical (unpaired) electrons. The van der Waals surface area contributed by atoms with Crippen molar-refractivity contribution in [2.75, 3.05) is 5.32 Å². The Bertz CT molecular complexity index is 726. The fourth-order valence-electron chi connectivity index (χ4n) is 1.82. The van der Waals surface area contributed by atoms with Crippen molar-refractivity contribution in [3.8, 4) is 0 Å². The fraction of sp³-hybridized carbons (Fsp3) is 0.0714. The summed E-state index contributed by atoms with van der Waals surface area (Å²) in [6, 6.07) is 10.8. The molecular formula is C14H10ClFN2S. The summed E-state index contributed by atoms with van der Waals surface area (Å²) in [5.74, 6) is -0.390. The van der Waals surface area contributed by atoms with Crippen molar-refractivity contribution in [2.45, 2.75) is 6.54 Å². The molecule has 0 bridgehead atoms. The maximum absolute atomic E-state index is 13.3. The lowest BCUT2D eigenvalue weighted by Gasteiger charge is -2.07. The van der Waals surface area contributed by atoms with E-state index in [1.807, 2.05) is 29.8 Å². The highest BCUT2D eigenvalue weighted by molar-refractivity contribution is 7.16. The van der Waals surface area contributed by atoms with Crippen LogP contribution in [0.4, 0.5) is 10.1 Å². The molecule has 5 heteroatoms. The van der Waals surface area contributed by atoms with Crippen LogP contribution in [0.1, 0.15) is 5.56 Å². The molecule has 3 rings (SSSR count). The van der Waals surface area contributed by atoms with Crippen LogP contribution < -0.4 is 5.32 Å². The number of nitrogens with one attached hydrogen (secondary N) is 1. The quantitative estimate of drug-likeness (QED) is 0.757. The number of anilines is 1. The Labute approximate surface area is 118 Å². The number of benzene rings is 2. The Morgan fingerprint density at radius 2 is 2.11 bits per heavy atom. The van der Waals surface area contributed by atoms with Gasteiger partial charge in [0, 0.05) is 12.2 Å². The van der Waals surface area contributed by atoms with Gasteiger partial charge in [-0.3, -0.25) is 0 Å². The van der Waals surface area contributed by atoms with E-state index in [4.69, 9.17) is 11.6 Å². The van der Waals surface area contributed by atoms with Gasteiger partial charge in [0.05, 0.1) is 20.7 Å². The van der Waals surface area contributed by atoms with Crippen LogP contribution in [0.15, 0.2) is 41.9 Å². The Kier molecular flexibility index (Phi) is 3.36. The van der Waals surface area contributed by atoms with E-state index in [1.54, 1.807) is 17.4 Å². The van der Waals surface area contributed by atoms with Gasteiger partial charge in [0.25, 0.3) is 0 Å². The number of fused-ring (bicyclic) bond motifs is 1. The van der Waals surface area contributed by atoms with Gasteiger partial charge in [-0.05, 0) is 35.9 Å². The second kappa shape index (κ2) is 5.15. The van der Waals surface area contributed by atoms with E-state index in [9.17, 15) is 4.39 Å². The van der Waals surface area contributed by atoms with Gasteiger partial charge >= 0.3 is 0 Å². The molecule has 1 heterocycles. The van der Waals surface area contributed by atoms with Gasteiger partial charge in [-0.1, -0.05) is 17.7 Å². The van der Waals surface area contributed by atoms with E-state index in [0.29, 0.717) is 6.54 Å². The second-order valence-corrected chi connectivity index (χ2v) is 5.43. The Morgan fingerprint density at radius 1 is 1.21 bits per heavy atom. The lowest BCUT2D eigenvalue weighted by molar-refractivity contribution is 0.626. The van der Waals surface area contributed by atoms with Gasteiger partial charge in [0.2, 0.25) is 0 Å². The zero-order chi connectivity index (χ0) is 13.2. The molecule has 96 valence electrons. The average molecular weight is 293 g/mol. The highest BCUT2D eigenvalue weighted by atomic mass is 35.5. The normalized spacial score (nSPS) is 10.8. The SMILES string of the molecule is Fc1cc(CNc2ccc3ncsc3c2)ccc1Cl. The minimum Gasteiger partial charge on any atom is -0.381 e. The predicted octanol–water partition coefficient (Wildman–Crippen LogP) is 4.70. The van der Waals surface area contributed by atoms with Gasteiger partial charge < -0.3 is 5.32 Å². The number of aromatic nitrogens is 1. The van der Waals surface area contributed by atoms with Crippen LogP contribution in [0.2, 0.25) is 5.02 Å². The summed E-state index contributed by atoms with van der Waals surface area (Å²) >= 11 is 7.25. The van der Waals surface area contributed by atoms with Gasteiger partial charge in [0.1, 0.15) is 5.82 Å². The smallest absolute Gasteiger partial charge is 0.142 e. The van der Waals surface area contributed by atoms with Gasteiger partial charge in [0.15, 0.2) is 0 Å². The summed E-state index contributed by atoms with van der Waals surface area (Å²) in [5.41, 5.74) is 4.66. The molecule has 0 aliphatic carbocycles. The molecule has 0 aliphatic rings. The highest BCUT2D eigenvalue weighted by Gasteiger charge is 2.02. The van der Waals surface area contributed by atoms with Crippen LogP contribution >= 0.6 is 22.9 Å². The molecule has 19 heavy (non-hydrogen) atoms. The van der Waals surface area contributed by atoms with E-state index in [2.05, 4.69) is 10.3 Å². The molecule has 2 nitrogen and oxygen atoms in total. The van der Waals surface area contributed by atoms with Crippen LogP contribution in [0.25, 0.3) is 10.2 Å². The topological polar surface area (TPSA) is 24.9 Å². The van der Waals surface area contributed by atoms with Gasteiger partial charge in [-0.2, -0.15) is 0 Å². The third-order valence-electron chi connectivity index (χ3n) is 2.81. The molecule has 0 amide bonds. The first-order valence-electron chi connectivity index (χ1n) is 5.73. The Balaban J connectivity index is 1.75. The van der Waals surface area contributed by atoms with Crippen molar-refractivity contribution < 1.29 is 4.39 Å². The Hall–Kier alpha value is -1.65. The number of nitrogens with zero attached hydrogens (tertiary/aromatic N) is 1. The molecule has 0 saturated heterocycles. The minimum atomic E-state index is -0.390. The van der Waals surface area contributed by atoms with E-state index in [1.165, 1.54) is 6.07 Å². The molecule has 0 aliphatic heterocycles. The fourth-order valence-corrected chi connectivity index (χ4v) is 2.65. The van der Waals surface area contributed by atoms with E-state index < -0.39 is 0 Å². The van der Waals surface area contributed by atoms with Gasteiger partial charge in [-0.25, -0.2) is 9.37 Å². The zero-order valence-corrected chi connectivity index (χ0v) is 11.4. The van der Waals surface area contributed by atoms with Crippen LogP contribution in [0.5, 0.6) is 0 Å². The summed E-state index contributed by atoms with van der Waals surface area (Å²) in [5, 5.41) is 3.41. The predicted molar refractivity (Wildman–Crippen MR) is 78.4 cm³/mol. The van der Waals surface area contributed by atoms with E-state index in [-0.39, 0.29) is 10.8 Å². The average Bonchev–Trinajstić information content (AvgIpc) is 2.87. The Morgan fingerprint density at radius 3 is 2.95 bits per heavy atom. The number of thiazole rings is 1. The molecule has 0 atom stereocenters. The van der Waals surface area contributed by atoms with Gasteiger partial charge in [-0.15, -0.1) is 11.3 Å². The first kappa shape index (κ1) is 12.4. The first-order valence-corrected chi connectivity index (χ1v) is 6.99. The van der Waals surface area contributed by atoms with Crippen molar-refractivity contribution in [1.82, 2.24) is 4.98 Å². The van der Waals surface area contributed by atoms with Crippen LogP contribution in [-0.2, 0) is 6.54 Å².